The topological polar surface area (TPSA) is 50.8 Å². The summed E-state index contributed by atoms with van der Waals surface area (Å²) in [7, 11) is 4.12. The number of ether oxygens (including phenoxy) is 2. The monoisotopic (exact) mass is 346 g/mol. The normalized spacial score (nSPS) is 24.7. The number of hydrogen-bond donors (Lipinski definition) is 1. The summed E-state index contributed by atoms with van der Waals surface area (Å²) in [4.78, 5) is 14.6. The fourth-order valence-electron chi connectivity index (χ4n) is 3.55. The van der Waals surface area contributed by atoms with Gasteiger partial charge >= 0.3 is 0 Å². The van der Waals surface area contributed by atoms with Crippen LogP contribution in [0.1, 0.15) is 44.9 Å². The van der Waals surface area contributed by atoms with Crippen LogP contribution in [-0.2, 0) is 14.3 Å². The number of allylic oxidation sites excluding steroid dienone is 6. The van der Waals surface area contributed by atoms with Crippen LogP contribution in [0.25, 0.3) is 0 Å². The number of rotatable bonds is 5. The summed E-state index contributed by atoms with van der Waals surface area (Å²) in [5.41, 5.74) is 2.34. The first-order chi connectivity index (χ1) is 12.1. The summed E-state index contributed by atoms with van der Waals surface area (Å²) in [5.74, 6) is 1.28. The first kappa shape index (κ1) is 18.1. The van der Waals surface area contributed by atoms with Gasteiger partial charge < -0.3 is 19.7 Å². The van der Waals surface area contributed by atoms with Gasteiger partial charge in [-0.25, -0.2) is 0 Å². The van der Waals surface area contributed by atoms with Gasteiger partial charge in [-0.2, -0.15) is 0 Å². The molecular formula is C20H30N2O3. The van der Waals surface area contributed by atoms with Gasteiger partial charge in [0.05, 0.1) is 19.0 Å². The lowest BCUT2D eigenvalue weighted by Gasteiger charge is -2.27. The summed E-state index contributed by atoms with van der Waals surface area (Å²) >= 11 is 0. The predicted octanol–water partition coefficient (Wildman–Crippen LogP) is 3.11. The molecule has 0 aromatic rings. The second-order valence-corrected chi connectivity index (χ2v) is 7.30. The van der Waals surface area contributed by atoms with E-state index in [4.69, 9.17) is 9.47 Å². The van der Waals surface area contributed by atoms with Crippen LogP contribution in [0, 0.1) is 5.92 Å². The van der Waals surface area contributed by atoms with Crippen LogP contribution < -0.4 is 5.32 Å². The zero-order valence-corrected chi connectivity index (χ0v) is 15.4. The van der Waals surface area contributed by atoms with E-state index < -0.39 is 0 Å². The average molecular weight is 346 g/mol. The molecule has 1 saturated heterocycles. The second kappa shape index (κ2) is 8.56. The molecule has 0 radical (unpaired) electrons. The molecule has 1 heterocycles. The van der Waals surface area contributed by atoms with Gasteiger partial charge in [0, 0.05) is 50.7 Å². The third-order valence-electron chi connectivity index (χ3n) is 5.21. The van der Waals surface area contributed by atoms with E-state index in [0.29, 0.717) is 0 Å². The van der Waals surface area contributed by atoms with Gasteiger partial charge in [0.15, 0.2) is 0 Å². The highest BCUT2D eigenvalue weighted by atomic mass is 16.5. The van der Waals surface area contributed by atoms with Gasteiger partial charge in [-0.05, 0) is 37.8 Å². The van der Waals surface area contributed by atoms with Crippen molar-refractivity contribution < 1.29 is 14.3 Å². The molecule has 0 bridgehead atoms. The molecule has 0 aromatic heterocycles. The molecule has 1 aliphatic heterocycles. The summed E-state index contributed by atoms with van der Waals surface area (Å²) in [5, 5.41) is 3.12. The van der Waals surface area contributed by atoms with Crippen molar-refractivity contribution in [2.75, 3.05) is 27.3 Å². The zero-order chi connectivity index (χ0) is 17.6. The Labute approximate surface area is 150 Å². The van der Waals surface area contributed by atoms with E-state index in [1.54, 1.807) is 0 Å². The van der Waals surface area contributed by atoms with E-state index in [1.807, 2.05) is 12.2 Å². The maximum Gasteiger partial charge on any atom is 0.227 e. The number of carbonyl (C=O) groups excluding carboxylic acids is 1. The molecule has 3 aliphatic rings. The van der Waals surface area contributed by atoms with Gasteiger partial charge in [0.1, 0.15) is 6.10 Å². The second-order valence-electron chi connectivity index (χ2n) is 7.30. The van der Waals surface area contributed by atoms with Gasteiger partial charge in [0.2, 0.25) is 5.91 Å². The molecule has 1 amide bonds. The van der Waals surface area contributed by atoms with Gasteiger partial charge in [-0.3, -0.25) is 4.79 Å². The minimum Gasteiger partial charge on any atom is -0.495 e. The lowest BCUT2D eigenvalue weighted by molar-refractivity contribution is -0.124. The maximum atomic E-state index is 12.5. The van der Waals surface area contributed by atoms with Crippen molar-refractivity contribution in [1.29, 1.82) is 0 Å². The first-order valence-electron chi connectivity index (χ1n) is 9.43. The summed E-state index contributed by atoms with van der Waals surface area (Å²) < 4.78 is 11.4. The molecule has 5 nitrogen and oxygen atoms in total. The minimum absolute atomic E-state index is 0.0912. The highest BCUT2D eigenvalue weighted by Crippen LogP contribution is 2.26. The van der Waals surface area contributed by atoms with E-state index in [-0.39, 0.29) is 17.9 Å². The Morgan fingerprint density at radius 1 is 1.16 bits per heavy atom. The van der Waals surface area contributed by atoms with Crippen molar-refractivity contribution in [3.8, 4) is 0 Å². The molecule has 0 aromatic carbocycles. The van der Waals surface area contributed by atoms with Crippen molar-refractivity contribution in [3.05, 3.63) is 35.4 Å². The molecule has 1 fully saturated rings. The van der Waals surface area contributed by atoms with E-state index in [1.165, 1.54) is 5.70 Å². The predicted molar refractivity (Wildman–Crippen MR) is 97.6 cm³/mol. The molecule has 1 atom stereocenters. The molecule has 25 heavy (non-hydrogen) atoms. The molecule has 5 heteroatoms. The number of amides is 1. The van der Waals surface area contributed by atoms with Crippen molar-refractivity contribution >= 4 is 5.91 Å². The summed E-state index contributed by atoms with van der Waals surface area (Å²) in [6, 6.07) is 0. The number of nitrogens with one attached hydrogen (secondary N) is 1. The van der Waals surface area contributed by atoms with E-state index in [2.05, 4.69) is 30.4 Å². The van der Waals surface area contributed by atoms with Crippen LogP contribution in [0.2, 0.25) is 0 Å². The van der Waals surface area contributed by atoms with E-state index in [0.717, 1.165) is 69.6 Å². The average Bonchev–Trinajstić information content (AvgIpc) is 2.64. The van der Waals surface area contributed by atoms with Crippen LogP contribution >= 0.6 is 0 Å². The fourth-order valence-corrected chi connectivity index (χ4v) is 3.55. The number of carbonyl (C=O) groups is 1. The maximum absolute atomic E-state index is 12.5. The van der Waals surface area contributed by atoms with Crippen molar-refractivity contribution in [1.82, 2.24) is 10.2 Å². The van der Waals surface area contributed by atoms with Crippen molar-refractivity contribution in [3.63, 3.8) is 0 Å². The van der Waals surface area contributed by atoms with Crippen LogP contribution in [0.15, 0.2) is 35.4 Å². The Bertz CT molecular complexity index is 571. The zero-order valence-electron chi connectivity index (χ0n) is 15.4. The van der Waals surface area contributed by atoms with Crippen LogP contribution in [0.3, 0.4) is 0 Å². The molecule has 3 rings (SSSR count). The Morgan fingerprint density at radius 2 is 1.96 bits per heavy atom. The lowest BCUT2D eigenvalue weighted by atomic mass is 9.91. The molecule has 2 aliphatic carbocycles. The van der Waals surface area contributed by atoms with Crippen molar-refractivity contribution in [2.24, 2.45) is 5.92 Å². The van der Waals surface area contributed by atoms with Crippen molar-refractivity contribution in [2.45, 2.75) is 51.0 Å². The van der Waals surface area contributed by atoms with Crippen LogP contribution in [0.5, 0.6) is 0 Å². The van der Waals surface area contributed by atoms with E-state index in [9.17, 15) is 4.79 Å². The van der Waals surface area contributed by atoms with Gasteiger partial charge in [-0.15, -0.1) is 0 Å². The van der Waals surface area contributed by atoms with Crippen LogP contribution in [0.4, 0.5) is 0 Å². The Morgan fingerprint density at radius 3 is 2.56 bits per heavy atom. The lowest BCUT2D eigenvalue weighted by Crippen LogP contribution is -2.32. The number of nitrogens with zero attached hydrogens (tertiary/aromatic N) is 1. The first-order valence-corrected chi connectivity index (χ1v) is 9.43. The van der Waals surface area contributed by atoms with Gasteiger partial charge in [0.25, 0.3) is 0 Å². The molecule has 1 N–H and O–H groups in total. The summed E-state index contributed by atoms with van der Waals surface area (Å²) in [6.07, 6.45) is 12.9. The quantitative estimate of drug-likeness (QED) is 0.831. The minimum atomic E-state index is 0.0912. The standard InChI is InChI=1S/C20H30N2O3/c1-22(2)17-7-3-15(4-8-17)20(23)21-16-5-9-18(10-6-16)25-19-11-13-24-14-12-19/h5,7,9,15,19H,3-4,6,8,10-14H2,1-2H3,(H,21,23). The molecule has 0 saturated carbocycles. The number of hydrogen-bond acceptors (Lipinski definition) is 4. The summed E-state index contributed by atoms with van der Waals surface area (Å²) in [6.45, 7) is 1.58. The van der Waals surface area contributed by atoms with E-state index >= 15 is 0 Å². The smallest absolute Gasteiger partial charge is 0.227 e. The highest BCUT2D eigenvalue weighted by Gasteiger charge is 2.23. The third-order valence-corrected chi connectivity index (χ3v) is 5.21. The highest BCUT2D eigenvalue weighted by molar-refractivity contribution is 5.80. The molecule has 1 unspecified atom stereocenters. The van der Waals surface area contributed by atoms with Crippen LogP contribution in [-0.4, -0.2) is 44.2 Å². The van der Waals surface area contributed by atoms with Gasteiger partial charge in [-0.1, -0.05) is 6.08 Å². The third kappa shape index (κ3) is 5.11. The SMILES string of the molecule is CN(C)C1=CCC(C(=O)NC2=CC=C(OC3CCOCC3)CC2)CC1. The fraction of sp³-hybridized carbons (Fsp3) is 0.650. The molecule has 138 valence electrons. The molecule has 0 spiro atoms. The molecular weight excluding hydrogens is 316 g/mol. The largest absolute Gasteiger partial charge is 0.495 e. The Hall–Kier alpha value is -1.75. The Balaban J connectivity index is 1.47. The Kier molecular flexibility index (Phi) is 6.19.